The summed E-state index contributed by atoms with van der Waals surface area (Å²) in [6.45, 7) is 1.74. The molecule has 0 amide bonds. The monoisotopic (exact) mass is 269 g/mol. The summed E-state index contributed by atoms with van der Waals surface area (Å²) in [7, 11) is 0. The highest BCUT2D eigenvalue weighted by atomic mass is 16.5. The predicted molar refractivity (Wildman–Crippen MR) is 76.7 cm³/mol. The van der Waals surface area contributed by atoms with Gasteiger partial charge in [0, 0.05) is 25.2 Å². The third-order valence-electron chi connectivity index (χ3n) is 3.96. The van der Waals surface area contributed by atoms with Gasteiger partial charge in [-0.3, -0.25) is 0 Å². The van der Waals surface area contributed by atoms with Crippen molar-refractivity contribution in [3.05, 3.63) is 48.0 Å². The average Bonchev–Trinajstić information content (AvgIpc) is 3.04. The van der Waals surface area contributed by atoms with E-state index in [1.165, 1.54) is 18.4 Å². The van der Waals surface area contributed by atoms with Crippen LogP contribution >= 0.6 is 0 Å². The van der Waals surface area contributed by atoms with Gasteiger partial charge in [-0.25, -0.2) is 4.98 Å². The van der Waals surface area contributed by atoms with E-state index in [1.807, 2.05) is 18.5 Å². The first kappa shape index (κ1) is 12.0. The number of aromatic nitrogens is 2. The number of imidazole rings is 1. The molecule has 1 aliphatic carbocycles. The van der Waals surface area contributed by atoms with E-state index in [4.69, 9.17) is 4.74 Å². The van der Waals surface area contributed by atoms with Gasteiger partial charge in [-0.05, 0) is 24.5 Å². The van der Waals surface area contributed by atoms with Crippen molar-refractivity contribution in [1.82, 2.24) is 14.9 Å². The minimum Gasteiger partial charge on any atom is -0.488 e. The van der Waals surface area contributed by atoms with Crippen LogP contribution in [0, 0.1) is 0 Å². The second-order valence-corrected chi connectivity index (χ2v) is 5.77. The number of fused-ring (bicyclic) bond motifs is 1. The van der Waals surface area contributed by atoms with Crippen LogP contribution in [0.3, 0.4) is 0 Å². The van der Waals surface area contributed by atoms with Crippen LogP contribution in [-0.4, -0.2) is 21.7 Å². The maximum absolute atomic E-state index is 5.96. The molecule has 0 radical (unpaired) electrons. The Balaban J connectivity index is 1.35. The number of ether oxygens (including phenoxy) is 1. The topological polar surface area (TPSA) is 39.1 Å². The Bertz CT molecular complexity index is 578. The Kier molecular flexibility index (Phi) is 2.96. The molecule has 104 valence electrons. The van der Waals surface area contributed by atoms with E-state index in [1.54, 1.807) is 0 Å². The van der Waals surface area contributed by atoms with Crippen molar-refractivity contribution < 1.29 is 4.74 Å². The summed E-state index contributed by atoms with van der Waals surface area (Å²) in [6.07, 6.45) is 7.89. The van der Waals surface area contributed by atoms with Gasteiger partial charge in [0.15, 0.2) is 0 Å². The average molecular weight is 269 g/mol. The highest BCUT2D eigenvalue weighted by molar-refractivity contribution is 5.37. The minimum absolute atomic E-state index is 0.228. The zero-order valence-corrected chi connectivity index (χ0v) is 11.5. The molecule has 1 atom stereocenters. The third kappa shape index (κ3) is 2.56. The highest BCUT2D eigenvalue weighted by Gasteiger charge is 2.23. The molecule has 1 unspecified atom stereocenters. The molecular formula is C16H19N3O. The quantitative estimate of drug-likeness (QED) is 0.904. The molecule has 4 nitrogen and oxygen atoms in total. The minimum atomic E-state index is 0.228. The molecule has 4 heteroatoms. The molecule has 1 saturated carbocycles. The van der Waals surface area contributed by atoms with Crippen molar-refractivity contribution in [2.45, 2.75) is 44.5 Å². The van der Waals surface area contributed by atoms with Crippen molar-refractivity contribution >= 4 is 0 Å². The number of para-hydroxylation sites is 1. The molecule has 0 saturated heterocycles. The van der Waals surface area contributed by atoms with Crippen LogP contribution in [0.25, 0.3) is 0 Å². The molecule has 1 aromatic carbocycles. The molecule has 20 heavy (non-hydrogen) atoms. The van der Waals surface area contributed by atoms with Crippen LogP contribution < -0.4 is 10.1 Å². The number of nitrogens with zero attached hydrogens (tertiary/aromatic N) is 2. The molecule has 2 aliphatic rings. The lowest BCUT2D eigenvalue weighted by Gasteiger charge is -2.10. The molecule has 0 spiro atoms. The first-order chi connectivity index (χ1) is 9.87. The molecule has 2 aromatic rings. The molecular weight excluding hydrogens is 250 g/mol. The van der Waals surface area contributed by atoms with E-state index < -0.39 is 0 Å². The Morgan fingerprint density at radius 1 is 1.30 bits per heavy atom. The van der Waals surface area contributed by atoms with Crippen LogP contribution in [0.5, 0.6) is 5.75 Å². The van der Waals surface area contributed by atoms with Crippen molar-refractivity contribution in [1.29, 1.82) is 0 Å². The van der Waals surface area contributed by atoms with Crippen LogP contribution in [-0.2, 0) is 19.5 Å². The summed E-state index contributed by atoms with van der Waals surface area (Å²) in [5.41, 5.74) is 2.43. The van der Waals surface area contributed by atoms with Gasteiger partial charge in [-0.15, -0.1) is 0 Å². The van der Waals surface area contributed by atoms with E-state index in [9.17, 15) is 0 Å². The van der Waals surface area contributed by atoms with Gasteiger partial charge in [0.1, 0.15) is 11.9 Å². The summed E-state index contributed by atoms with van der Waals surface area (Å²) in [4.78, 5) is 4.45. The third-order valence-corrected chi connectivity index (χ3v) is 3.96. The second-order valence-electron chi connectivity index (χ2n) is 5.77. The van der Waals surface area contributed by atoms with E-state index in [0.717, 1.165) is 37.0 Å². The lowest BCUT2D eigenvalue weighted by Crippen LogP contribution is -2.20. The van der Waals surface area contributed by atoms with E-state index in [-0.39, 0.29) is 6.10 Å². The van der Waals surface area contributed by atoms with Gasteiger partial charge >= 0.3 is 0 Å². The fourth-order valence-electron chi connectivity index (χ4n) is 2.72. The van der Waals surface area contributed by atoms with Crippen molar-refractivity contribution in [3.63, 3.8) is 0 Å². The number of benzene rings is 1. The van der Waals surface area contributed by atoms with Crippen LogP contribution in [0.15, 0.2) is 36.8 Å². The fraction of sp³-hybridized carbons (Fsp3) is 0.438. The lowest BCUT2D eigenvalue weighted by atomic mass is 10.1. The fourth-order valence-corrected chi connectivity index (χ4v) is 2.72. The van der Waals surface area contributed by atoms with Gasteiger partial charge in [0.25, 0.3) is 0 Å². The number of rotatable bonds is 5. The summed E-state index contributed by atoms with van der Waals surface area (Å²) in [5, 5.41) is 3.49. The summed E-state index contributed by atoms with van der Waals surface area (Å²) < 4.78 is 8.10. The van der Waals surface area contributed by atoms with Gasteiger partial charge in [-0.2, -0.15) is 0 Å². The number of hydrogen-bond acceptors (Lipinski definition) is 3. The summed E-state index contributed by atoms with van der Waals surface area (Å²) in [6, 6.07) is 9.03. The Labute approximate surface area is 118 Å². The summed E-state index contributed by atoms with van der Waals surface area (Å²) >= 11 is 0. The van der Waals surface area contributed by atoms with Crippen LogP contribution in [0.2, 0.25) is 0 Å². The zero-order chi connectivity index (χ0) is 13.4. The van der Waals surface area contributed by atoms with Crippen molar-refractivity contribution in [3.8, 4) is 5.75 Å². The molecule has 1 fully saturated rings. The smallest absolute Gasteiger partial charge is 0.123 e. The number of hydrogen-bond donors (Lipinski definition) is 1. The first-order valence-electron chi connectivity index (χ1n) is 7.35. The zero-order valence-electron chi connectivity index (χ0n) is 11.5. The molecule has 1 aliphatic heterocycles. The lowest BCUT2D eigenvalue weighted by molar-refractivity contribution is 0.209. The van der Waals surface area contributed by atoms with E-state index in [2.05, 4.69) is 33.2 Å². The maximum atomic E-state index is 5.96. The Morgan fingerprint density at radius 3 is 3.05 bits per heavy atom. The van der Waals surface area contributed by atoms with Gasteiger partial charge in [0.05, 0.1) is 18.6 Å². The predicted octanol–water partition coefficient (Wildman–Crippen LogP) is 2.14. The Hall–Kier alpha value is -1.81. The van der Waals surface area contributed by atoms with Crippen LogP contribution in [0.4, 0.5) is 0 Å². The maximum Gasteiger partial charge on any atom is 0.123 e. The second kappa shape index (κ2) is 4.94. The first-order valence-corrected chi connectivity index (χ1v) is 7.35. The Morgan fingerprint density at radius 2 is 2.20 bits per heavy atom. The molecule has 2 heterocycles. The molecule has 1 aromatic heterocycles. The highest BCUT2D eigenvalue weighted by Crippen LogP contribution is 2.28. The van der Waals surface area contributed by atoms with Crippen LogP contribution in [0.1, 0.15) is 24.1 Å². The molecule has 1 N–H and O–H groups in total. The molecule has 0 bridgehead atoms. The van der Waals surface area contributed by atoms with Gasteiger partial charge in [0.2, 0.25) is 0 Å². The van der Waals surface area contributed by atoms with Crippen molar-refractivity contribution in [2.75, 3.05) is 0 Å². The van der Waals surface area contributed by atoms with E-state index >= 15 is 0 Å². The molecule has 4 rings (SSSR count). The SMILES string of the molecule is c1ccc2c(c1)CC(Cn1cnc(CNC3CC3)c1)O2. The van der Waals surface area contributed by atoms with Gasteiger partial charge in [-0.1, -0.05) is 18.2 Å². The van der Waals surface area contributed by atoms with Gasteiger partial charge < -0.3 is 14.6 Å². The largest absolute Gasteiger partial charge is 0.488 e. The summed E-state index contributed by atoms with van der Waals surface area (Å²) in [5.74, 6) is 1.04. The standard InChI is InChI=1S/C16H19N3O/c1-2-4-16-12(3-1)7-15(20-16)10-19-9-14(18-11-19)8-17-13-5-6-13/h1-4,9,11,13,15,17H,5-8,10H2. The van der Waals surface area contributed by atoms with Crippen molar-refractivity contribution in [2.24, 2.45) is 0 Å². The van der Waals surface area contributed by atoms with E-state index in [0.29, 0.717) is 0 Å². The number of nitrogens with one attached hydrogen (secondary N) is 1. The normalized spacial score (nSPS) is 20.7.